The van der Waals surface area contributed by atoms with Gasteiger partial charge >= 0.3 is 0 Å². The van der Waals surface area contributed by atoms with Crippen LogP contribution in [-0.4, -0.2) is 18.4 Å². The van der Waals surface area contributed by atoms with Crippen LogP contribution in [0.5, 0.6) is 0 Å². The first kappa shape index (κ1) is 17.8. The molecule has 0 saturated heterocycles. The Morgan fingerprint density at radius 3 is 2.52 bits per heavy atom. The highest BCUT2D eigenvalue weighted by Crippen LogP contribution is 2.42. The summed E-state index contributed by atoms with van der Waals surface area (Å²) in [4.78, 5) is 26.9. The lowest BCUT2D eigenvalue weighted by atomic mass is 10.2. The van der Waals surface area contributed by atoms with Crippen molar-refractivity contribution < 1.29 is 9.59 Å². The van der Waals surface area contributed by atoms with E-state index in [2.05, 4.69) is 5.32 Å². The largest absolute Gasteiger partial charge is 0.324 e. The standard InChI is InChI=1S/C19H18Cl2N2O2/c1-2-23(13-6-4-3-5-7-13)19(25)15-11-14(15)18(24)22-17-10-12(20)8-9-16(17)21/h3-10,14-15H,2,11H2,1H3,(H,22,24). The van der Waals surface area contributed by atoms with E-state index >= 15 is 0 Å². The lowest BCUT2D eigenvalue weighted by Crippen LogP contribution is -2.33. The van der Waals surface area contributed by atoms with Gasteiger partial charge in [-0.05, 0) is 43.7 Å². The molecule has 1 saturated carbocycles. The number of nitrogens with one attached hydrogen (secondary N) is 1. The Labute approximate surface area is 156 Å². The summed E-state index contributed by atoms with van der Waals surface area (Å²) in [6.07, 6.45) is 0.548. The monoisotopic (exact) mass is 376 g/mol. The molecular formula is C19H18Cl2N2O2. The van der Waals surface area contributed by atoms with Gasteiger partial charge in [0.15, 0.2) is 0 Å². The third-order valence-corrected chi connectivity index (χ3v) is 4.85. The molecule has 1 aliphatic rings. The first-order chi connectivity index (χ1) is 12.0. The molecule has 0 bridgehead atoms. The van der Waals surface area contributed by atoms with Crippen molar-refractivity contribution in [3.8, 4) is 0 Å². The molecular weight excluding hydrogens is 359 g/mol. The Morgan fingerprint density at radius 1 is 1.12 bits per heavy atom. The Balaban J connectivity index is 1.66. The number of hydrogen-bond donors (Lipinski definition) is 1. The zero-order valence-electron chi connectivity index (χ0n) is 13.7. The molecule has 1 fully saturated rings. The van der Waals surface area contributed by atoms with Gasteiger partial charge in [-0.15, -0.1) is 0 Å². The van der Waals surface area contributed by atoms with Crippen LogP contribution in [0.1, 0.15) is 13.3 Å². The quantitative estimate of drug-likeness (QED) is 0.827. The van der Waals surface area contributed by atoms with Crippen LogP contribution in [0.2, 0.25) is 10.0 Å². The Hall–Kier alpha value is -2.04. The van der Waals surface area contributed by atoms with Gasteiger partial charge in [0.1, 0.15) is 0 Å². The molecule has 0 aromatic heterocycles. The average molecular weight is 377 g/mol. The van der Waals surface area contributed by atoms with Crippen molar-refractivity contribution >= 4 is 46.4 Å². The van der Waals surface area contributed by atoms with Crippen LogP contribution in [0.4, 0.5) is 11.4 Å². The molecule has 2 aromatic rings. The normalized spacial score (nSPS) is 18.5. The van der Waals surface area contributed by atoms with Gasteiger partial charge in [-0.3, -0.25) is 9.59 Å². The summed E-state index contributed by atoms with van der Waals surface area (Å²) in [5.41, 5.74) is 1.31. The van der Waals surface area contributed by atoms with Crippen LogP contribution in [0.25, 0.3) is 0 Å². The minimum Gasteiger partial charge on any atom is -0.324 e. The van der Waals surface area contributed by atoms with Crippen molar-refractivity contribution in [1.29, 1.82) is 0 Å². The smallest absolute Gasteiger partial charge is 0.230 e. The number of para-hydroxylation sites is 1. The van der Waals surface area contributed by atoms with Crippen molar-refractivity contribution in [3.05, 3.63) is 58.6 Å². The topological polar surface area (TPSA) is 49.4 Å². The van der Waals surface area contributed by atoms with Crippen LogP contribution in [0.3, 0.4) is 0 Å². The maximum absolute atomic E-state index is 12.7. The fourth-order valence-electron chi connectivity index (χ4n) is 2.85. The average Bonchev–Trinajstić information content (AvgIpc) is 3.40. The van der Waals surface area contributed by atoms with E-state index in [1.54, 1.807) is 23.1 Å². The number of rotatable bonds is 5. The molecule has 0 aliphatic heterocycles. The minimum atomic E-state index is -0.333. The second-order valence-corrected chi connectivity index (χ2v) is 6.82. The van der Waals surface area contributed by atoms with Gasteiger partial charge in [0.05, 0.1) is 22.5 Å². The number of carbonyl (C=O) groups is 2. The molecule has 2 unspecified atom stereocenters. The van der Waals surface area contributed by atoms with Crippen LogP contribution < -0.4 is 10.2 Å². The summed E-state index contributed by atoms with van der Waals surface area (Å²) in [6, 6.07) is 14.4. The summed E-state index contributed by atoms with van der Waals surface area (Å²) >= 11 is 12.0. The molecule has 25 heavy (non-hydrogen) atoms. The number of carbonyl (C=O) groups excluding carboxylic acids is 2. The van der Waals surface area contributed by atoms with Crippen molar-refractivity contribution in [1.82, 2.24) is 0 Å². The third-order valence-electron chi connectivity index (χ3n) is 4.28. The lowest BCUT2D eigenvalue weighted by Gasteiger charge is -2.21. The van der Waals surface area contributed by atoms with E-state index in [0.717, 1.165) is 5.69 Å². The SMILES string of the molecule is CCN(C(=O)C1CC1C(=O)Nc1cc(Cl)ccc1Cl)c1ccccc1. The van der Waals surface area contributed by atoms with Crippen molar-refractivity contribution in [2.45, 2.75) is 13.3 Å². The zero-order valence-corrected chi connectivity index (χ0v) is 15.2. The van der Waals surface area contributed by atoms with E-state index in [9.17, 15) is 9.59 Å². The summed E-state index contributed by atoms with van der Waals surface area (Å²) in [5, 5.41) is 3.68. The molecule has 6 heteroatoms. The van der Waals surface area contributed by atoms with E-state index in [1.807, 2.05) is 37.3 Å². The number of halogens is 2. The molecule has 130 valence electrons. The minimum absolute atomic E-state index is 0.0222. The molecule has 2 aromatic carbocycles. The van der Waals surface area contributed by atoms with E-state index < -0.39 is 0 Å². The highest BCUT2D eigenvalue weighted by atomic mass is 35.5. The van der Waals surface area contributed by atoms with Crippen LogP contribution in [-0.2, 0) is 9.59 Å². The number of nitrogens with zero attached hydrogens (tertiary/aromatic N) is 1. The first-order valence-corrected chi connectivity index (χ1v) is 8.89. The van der Waals surface area contributed by atoms with E-state index in [4.69, 9.17) is 23.2 Å². The predicted octanol–water partition coefficient (Wildman–Crippen LogP) is 4.62. The van der Waals surface area contributed by atoms with Crippen LogP contribution >= 0.6 is 23.2 Å². The third kappa shape index (κ3) is 3.97. The molecule has 3 rings (SSSR count). The Morgan fingerprint density at radius 2 is 1.84 bits per heavy atom. The number of hydrogen-bond acceptors (Lipinski definition) is 2. The number of amides is 2. The van der Waals surface area contributed by atoms with Gasteiger partial charge in [0, 0.05) is 17.3 Å². The van der Waals surface area contributed by atoms with Crippen molar-refractivity contribution in [3.63, 3.8) is 0 Å². The van der Waals surface area contributed by atoms with Crippen LogP contribution in [0.15, 0.2) is 48.5 Å². The summed E-state index contributed by atoms with van der Waals surface area (Å²) in [7, 11) is 0. The van der Waals surface area contributed by atoms with Crippen LogP contribution in [0, 0.1) is 11.8 Å². The summed E-state index contributed by atoms with van der Waals surface area (Å²) in [6.45, 7) is 2.49. The highest BCUT2D eigenvalue weighted by molar-refractivity contribution is 6.35. The fourth-order valence-corrected chi connectivity index (χ4v) is 3.19. The van der Waals surface area contributed by atoms with Gasteiger partial charge in [-0.1, -0.05) is 41.4 Å². The molecule has 0 heterocycles. The van der Waals surface area contributed by atoms with Gasteiger partial charge in [-0.2, -0.15) is 0 Å². The van der Waals surface area contributed by atoms with Crippen molar-refractivity contribution in [2.24, 2.45) is 11.8 Å². The molecule has 0 radical (unpaired) electrons. The molecule has 4 nitrogen and oxygen atoms in total. The molecule has 2 atom stereocenters. The second kappa shape index (κ2) is 7.46. The zero-order chi connectivity index (χ0) is 18.0. The van der Waals surface area contributed by atoms with E-state index in [-0.39, 0.29) is 23.7 Å². The van der Waals surface area contributed by atoms with Gasteiger partial charge in [0.2, 0.25) is 11.8 Å². The van der Waals surface area contributed by atoms with E-state index in [1.165, 1.54) is 0 Å². The highest BCUT2D eigenvalue weighted by Gasteiger charge is 2.49. The van der Waals surface area contributed by atoms with Gasteiger partial charge < -0.3 is 10.2 Å². The van der Waals surface area contributed by atoms with Gasteiger partial charge in [0.25, 0.3) is 0 Å². The fraction of sp³-hybridized carbons (Fsp3) is 0.263. The summed E-state index contributed by atoms with van der Waals surface area (Å²) in [5.74, 6) is -0.851. The molecule has 1 N–H and O–H groups in total. The Bertz CT molecular complexity index is 795. The first-order valence-electron chi connectivity index (χ1n) is 8.13. The Kier molecular flexibility index (Phi) is 5.30. The number of benzene rings is 2. The second-order valence-electron chi connectivity index (χ2n) is 5.98. The van der Waals surface area contributed by atoms with Gasteiger partial charge in [-0.25, -0.2) is 0 Å². The summed E-state index contributed by atoms with van der Waals surface area (Å²) < 4.78 is 0. The molecule has 1 aliphatic carbocycles. The lowest BCUT2D eigenvalue weighted by molar-refractivity contribution is -0.123. The number of anilines is 2. The van der Waals surface area contributed by atoms with Crippen molar-refractivity contribution in [2.75, 3.05) is 16.8 Å². The molecule has 0 spiro atoms. The van der Waals surface area contributed by atoms with E-state index in [0.29, 0.717) is 28.7 Å². The predicted molar refractivity (Wildman–Crippen MR) is 101 cm³/mol. The maximum atomic E-state index is 12.7. The maximum Gasteiger partial charge on any atom is 0.230 e. The molecule has 2 amide bonds.